The zero-order valence-electron chi connectivity index (χ0n) is 13.6. The topological polar surface area (TPSA) is 92.7 Å². The zero-order valence-corrected chi connectivity index (χ0v) is 13.6. The molecule has 0 saturated carbocycles. The highest BCUT2D eigenvalue weighted by atomic mass is 16.5. The second-order valence-electron chi connectivity index (χ2n) is 5.14. The van der Waals surface area contributed by atoms with Gasteiger partial charge in [0.25, 0.3) is 0 Å². The lowest BCUT2D eigenvalue weighted by Gasteiger charge is -2.05. The lowest BCUT2D eigenvalue weighted by Crippen LogP contribution is -2.27. The van der Waals surface area contributed by atoms with Crippen LogP contribution in [-0.4, -0.2) is 36.1 Å². The Morgan fingerprint density at radius 2 is 1.65 bits per heavy atom. The Morgan fingerprint density at radius 3 is 2.30 bits per heavy atom. The molecule has 2 N–H and O–H groups in total. The molecule has 0 aromatic rings. The molecule has 0 bridgehead atoms. The normalized spacial score (nSPS) is 10.4. The number of carbonyl (C=O) groups is 3. The smallest absolute Gasteiger partial charge is 0.331 e. The maximum absolute atomic E-state index is 11.5. The van der Waals surface area contributed by atoms with Gasteiger partial charge < -0.3 is 15.2 Å². The number of aliphatic carboxylic acids is 1. The molecule has 130 valence electrons. The van der Waals surface area contributed by atoms with E-state index in [-0.39, 0.29) is 19.1 Å². The van der Waals surface area contributed by atoms with E-state index in [2.05, 4.69) is 11.9 Å². The minimum Gasteiger partial charge on any atom is -0.478 e. The number of nitrogens with one attached hydrogen (secondary N) is 1. The highest BCUT2D eigenvalue weighted by Crippen LogP contribution is 2.08. The van der Waals surface area contributed by atoms with E-state index < -0.39 is 11.9 Å². The Hall–Kier alpha value is -2.11. The Bertz CT molecular complexity index is 404. The first kappa shape index (κ1) is 20.9. The van der Waals surface area contributed by atoms with Crippen LogP contribution in [0.1, 0.15) is 51.4 Å². The summed E-state index contributed by atoms with van der Waals surface area (Å²) in [6, 6.07) is 0. The molecule has 1 amide bonds. The Kier molecular flexibility index (Phi) is 13.5. The van der Waals surface area contributed by atoms with Crippen LogP contribution < -0.4 is 5.32 Å². The van der Waals surface area contributed by atoms with Gasteiger partial charge in [0.15, 0.2) is 0 Å². The lowest BCUT2D eigenvalue weighted by atomic mass is 10.1. The highest BCUT2D eigenvalue weighted by molar-refractivity contribution is 5.90. The summed E-state index contributed by atoms with van der Waals surface area (Å²) >= 11 is 0. The van der Waals surface area contributed by atoms with Gasteiger partial charge in [0, 0.05) is 18.6 Å². The number of rotatable bonds is 14. The minimum atomic E-state index is -1.21. The van der Waals surface area contributed by atoms with Crippen molar-refractivity contribution < 1.29 is 24.2 Å². The molecule has 23 heavy (non-hydrogen) atoms. The molecule has 6 nitrogen and oxygen atoms in total. The Labute approximate surface area is 137 Å². The summed E-state index contributed by atoms with van der Waals surface area (Å²) in [7, 11) is 0. The van der Waals surface area contributed by atoms with Gasteiger partial charge in [-0.3, -0.25) is 4.79 Å². The van der Waals surface area contributed by atoms with Crippen molar-refractivity contribution in [1.82, 2.24) is 5.32 Å². The number of amides is 1. The summed E-state index contributed by atoms with van der Waals surface area (Å²) in [4.78, 5) is 32.7. The van der Waals surface area contributed by atoms with Crippen LogP contribution in [0.2, 0.25) is 0 Å². The van der Waals surface area contributed by atoms with Crippen molar-refractivity contribution >= 4 is 17.8 Å². The molecule has 0 aromatic carbocycles. The third-order valence-electron chi connectivity index (χ3n) is 3.09. The van der Waals surface area contributed by atoms with Gasteiger partial charge in [0.2, 0.25) is 5.91 Å². The molecule has 0 unspecified atom stereocenters. The Balaban J connectivity index is 3.42. The Morgan fingerprint density at radius 1 is 1.00 bits per heavy atom. The fourth-order valence-electron chi connectivity index (χ4n) is 1.90. The second-order valence-corrected chi connectivity index (χ2v) is 5.14. The molecule has 0 aliphatic rings. The fourth-order valence-corrected chi connectivity index (χ4v) is 1.90. The van der Waals surface area contributed by atoms with E-state index in [0.717, 1.165) is 31.8 Å². The van der Waals surface area contributed by atoms with Crippen molar-refractivity contribution in [2.75, 3.05) is 13.2 Å². The van der Waals surface area contributed by atoms with E-state index in [0.29, 0.717) is 12.5 Å². The maximum Gasteiger partial charge on any atom is 0.331 e. The van der Waals surface area contributed by atoms with Gasteiger partial charge in [0.05, 0.1) is 6.54 Å². The molecule has 0 heterocycles. The van der Waals surface area contributed by atoms with Gasteiger partial charge in [0.1, 0.15) is 6.61 Å². The van der Waals surface area contributed by atoms with Crippen molar-refractivity contribution in [3.63, 3.8) is 0 Å². The first-order valence-electron chi connectivity index (χ1n) is 8.01. The zero-order chi connectivity index (χ0) is 17.3. The van der Waals surface area contributed by atoms with Gasteiger partial charge in [-0.05, 0) is 19.3 Å². The quantitative estimate of drug-likeness (QED) is 0.222. The summed E-state index contributed by atoms with van der Waals surface area (Å²) in [5, 5.41) is 11.0. The van der Waals surface area contributed by atoms with Crippen LogP contribution in [0, 0.1) is 0 Å². The molecule has 0 spiro atoms. The van der Waals surface area contributed by atoms with Gasteiger partial charge in [-0.15, -0.1) is 6.58 Å². The predicted octanol–water partition coefficient (Wildman–Crippen LogP) is 2.59. The minimum absolute atomic E-state index is 0.0256. The van der Waals surface area contributed by atoms with Gasteiger partial charge in [-0.1, -0.05) is 31.8 Å². The van der Waals surface area contributed by atoms with E-state index >= 15 is 0 Å². The summed E-state index contributed by atoms with van der Waals surface area (Å²) < 4.78 is 4.72. The molecule has 0 aliphatic carbocycles. The molecule has 0 fully saturated rings. The summed E-state index contributed by atoms with van der Waals surface area (Å²) in [6.45, 7) is 3.94. The summed E-state index contributed by atoms with van der Waals surface area (Å²) in [5.41, 5.74) is 0. The van der Waals surface area contributed by atoms with E-state index in [1.807, 2.05) is 6.08 Å². The lowest BCUT2D eigenvalue weighted by molar-refractivity contribution is -0.139. The van der Waals surface area contributed by atoms with E-state index in [4.69, 9.17) is 9.84 Å². The van der Waals surface area contributed by atoms with Crippen LogP contribution in [0.4, 0.5) is 0 Å². The molecular weight excluding hydrogens is 298 g/mol. The summed E-state index contributed by atoms with van der Waals surface area (Å²) in [6.07, 6.45) is 11.6. The van der Waals surface area contributed by atoms with E-state index in [1.165, 1.54) is 19.3 Å². The second kappa shape index (κ2) is 14.8. The molecule has 0 atom stereocenters. The number of carboxylic acid groups (broad SMARTS) is 1. The number of hydrogen-bond acceptors (Lipinski definition) is 4. The largest absolute Gasteiger partial charge is 0.478 e. The van der Waals surface area contributed by atoms with Crippen LogP contribution >= 0.6 is 0 Å². The molecule has 0 aromatic heterocycles. The highest BCUT2D eigenvalue weighted by Gasteiger charge is 2.02. The molecule has 0 aliphatic heterocycles. The number of hydrogen-bond donors (Lipinski definition) is 2. The molecular formula is C17H27NO5. The van der Waals surface area contributed by atoms with Crippen LogP contribution in [0.25, 0.3) is 0 Å². The molecule has 0 rings (SSSR count). The van der Waals surface area contributed by atoms with Crippen molar-refractivity contribution in [3.05, 3.63) is 24.8 Å². The fraction of sp³-hybridized carbons (Fsp3) is 0.588. The number of esters is 1. The predicted molar refractivity (Wildman–Crippen MR) is 87.9 cm³/mol. The maximum atomic E-state index is 11.5. The van der Waals surface area contributed by atoms with Crippen LogP contribution in [0.3, 0.4) is 0 Å². The first-order chi connectivity index (χ1) is 11.1. The van der Waals surface area contributed by atoms with Crippen molar-refractivity contribution in [3.8, 4) is 0 Å². The number of unbranched alkanes of at least 4 members (excludes halogenated alkanes) is 6. The van der Waals surface area contributed by atoms with Crippen LogP contribution in [0.15, 0.2) is 24.8 Å². The van der Waals surface area contributed by atoms with Crippen LogP contribution in [0.5, 0.6) is 0 Å². The number of allylic oxidation sites excluding steroid dienone is 1. The molecule has 0 radical (unpaired) electrons. The standard InChI is InChI=1S/C17H27NO5/c1-2-3-4-5-6-7-8-9-10-15(19)18-13-14-23-17(22)12-11-16(20)21/h2,11-12H,1,3-10,13-14H2,(H,18,19)(H,20,21)/b12-11-. The number of carboxylic acids is 1. The van der Waals surface area contributed by atoms with Crippen LogP contribution in [-0.2, 0) is 19.1 Å². The van der Waals surface area contributed by atoms with Gasteiger partial charge in [-0.2, -0.15) is 0 Å². The summed E-state index contributed by atoms with van der Waals surface area (Å²) in [5.74, 6) is -2.01. The monoisotopic (exact) mass is 325 g/mol. The van der Waals surface area contributed by atoms with Crippen molar-refractivity contribution in [2.45, 2.75) is 51.4 Å². The van der Waals surface area contributed by atoms with Crippen molar-refractivity contribution in [2.24, 2.45) is 0 Å². The average molecular weight is 325 g/mol. The van der Waals surface area contributed by atoms with E-state index in [1.54, 1.807) is 0 Å². The third kappa shape index (κ3) is 16.1. The van der Waals surface area contributed by atoms with Gasteiger partial charge in [-0.25, -0.2) is 9.59 Å². The third-order valence-corrected chi connectivity index (χ3v) is 3.09. The molecule has 6 heteroatoms. The van der Waals surface area contributed by atoms with Gasteiger partial charge >= 0.3 is 11.9 Å². The van der Waals surface area contributed by atoms with E-state index in [9.17, 15) is 14.4 Å². The first-order valence-corrected chi connectivity index (χ1v) is 8.01. The number of ether oxygens (including phenoxy) is 1. The number of carbonyl (C=O) groups excluding carboxylic acids is 2. The molecule has 0 saturated heterocycles. The SMILES string of the molecule is C=CCCCCCCCCC(=O)NCCOC(=O)/C=C\C(=O)O. The average Bonchev–Trinajstić information content (AvgIpc) is 2.52. The van der Waals surface area contributed by atoms with Crippen molar-refractivity contribution in [1.29, 1.82) is 0 Å².